The molecule has 0 bridgehead atoms. The van der Waals surface area contributed by atoms with Crippen LogP contribution in [0.25, 0.3) is 17.1 Å². The van der Waals surface area contributed by atoms with Crippen LogP contribution in [0, 0.1) is 0 Å². The molecule has 1 aliphatic rings. The smallest absolute Gasteiger partial charge is 0.235 e. The summed E-state index contributed by atoms with van der Waals surface area (Å²) in [6, 6.07) is 3.79. The largest absolute Gasteiger partial charge is 0.465 e. The molecule has 7 heteroatoms. The Morgan fingerprint density at radius 1 is 1.18 bits per heavy atom. The fourth-order valence-electron chi connectivity index (χ4n) is 2.70. The van der Waals surface area contributed by atoms with Crippen LogP contribution in [0.2, 0.25) is 0 Å². The van der Waals surface area contributed by atoms with Gasteiger partial charge in [-0.1, -0.05) is 17.8 Å². The van der Waals surface area contributed by atoms with Crippen LogP contribution in [0.5, 0.6) is 0 Å². The molecule has 3 aromatic rings. The van der Waals surface area contributed by atoms with Gasteiger partial charge in [-0.2, -0.15) is 9.61 Å². The van der Waals surface area contributed by atoms with Crippen LogP contribution in [-0.4, -0.2) is 37.8 Å². The summed E-state index contributed by atoms with van der Waals surface area (Å²) in [6.07, 6.45) is 9.41. The summed E-state index contributed by atoms with van der Waals surface area (Å²) >= 11 is 1.53. The van der Waals surface area contributed by atoms with E-state index in [9.17, 15) is 0 Å². The van der Waals surface area contributed by atoms with Gasteiger partial charge in [-0.05, 0) is 50.2 Å². The second-order valence-corrected chi connectivity index (χ2v) is 6.42. The molecule has 0 unspecified atom stereocenters. The molecule has 0 spiro atoms. The fraction of sp³-hybridized carbons (Fsp3) is 0.400. The van der Waals surface area contributed by atoms with Crippen LogP contribution < -0.4 is 0 Å². The molecule has 0 N–H and O–H groups in total. The normalized spacial score (nSPS) is 16.9. The third-order valence-corrected chi connectivity index (χ3v) is 4.68. The number of fused-ring (bicyclic) bond motifs is 1. The van der Waals surface area contributed by atoms with Crippen LogP contribution in [0.1, 0.15) is 35.9 Å². The zero-order valence-corrected chi connectivity index (χ0v) is 13.0. The highest BCUT2D eigenvalue weighted by Gasteiger charge is 2.16. The Labute approximate surface area is 132 Å². The molecule has 0 saturated carbocycles. The van der Waals surface area contributed by atoms with E-state index in [1.165, 1.54) is 30.6 Å². The van der Waals surface area contributed by atoms with Crippen molar-refractivity contribution in [3.05, 3.63) is 35.0 Å². The first-order chi connectivity index (χ1) is 10.9. The molecule has 0 radical (unpaired) electrons. The average molecular weight is 315 g/mol. The lowest BCUT2D eigenvalue weighted by atomic mass is 10.1. The topological polar surface area (TPSA) is 59.5 Å². The van der Waals surface area contributed by atoms with Gasteiger partial charge in [0.15, 0.2) is 5.82 Å². The lowest BCUT2D eigenvalue weighted by Crippen LogP contribution is -2.30. The molecular weight excluding hydrogens is 298 g/mol. The molecule has 0 atom stereocenters. The van der Waals surface area contributed by atoms with Crippen LogP contribution in [0.15, 0.2) is 22.8 Å². The molecule has 1 saturated heterocycles. The molecule has 0 amide bonds. The Balaban J connectivity index is 1.53. The number of aromatic nitrogens is 4. The second kappa shape index (κ2) is 6.02. The first-order valence-corrected chi connectivity index (χ1v) is 8.35. The van der Waals surface area contributed by atoms with Gasteiger partial charge in [0.1, 0.15) is 10.8 Å². The third kappa shape index (κ3) is 2.82. The molecule has 1 fully saturated rings. The van der Waals surface area contributed by atoms with Gasteiger partial charge >= 0.3 is 0 Å². The minimum absolute atomic E-state index is 0.819. The molecule has 4 rings (SSSR count). The Morgan fingerprint density at radius 2 is 2.09 bits per heavy atom. The predicted molar refractivity (Wildman–Crippen MR) is 85.4 cm³/mol. The van der Waals surface area contributed by atoms with E-state index in [1.54, 1.807) is 6.26 Å². The van der Waals surface area contributed by atoms with Crippen molar-refractivity contribution >= 4 is 28.4 Å². The summed E-state index contributed by atoms with van der Waals surface area (Å²) in [4.78, 5) is 3.27. The first-order valence-electron chi connectivity index (χ1n) is 7.53. The van der Waals surface area contributed by atoms with E-state index in [1.807, 2.05) is 28.8 Å². The molecule has 0 aliphatic carbocycles. The number of piperidine rings is 1. The number of hydrogen-bond donors (Lipinski definition) is 0. The van der Waals surface area contributed by atoms with Gasteiger partial charge in [-0.25, -0.2) is 0 Å². The SMILES string of the molecule is C(=Cc1nn2c(CN3CCCCC3)nnc2s1)c1ccco1. The van der Waals surface area contributed by atoms with Crippen molar-refractivity contribution in [2.75, 3.05) is 13.1 Å². The summed E-state index contributed by atoms with van der Waals surface area (Å²) in [5, 5.41) is 14.0. The van der Waals surface area contributed by atoms with Crippen molar-refractivity contribution in [3.63, 3.8) is 0 Å². The quantitative estimate of drug-likeness (QED) is 0.741. The van der Waals surface area contributed by atoms with Gasteiger partial charge in [0.05, 0.1) is 12.8 Å². The Hall–Kier alpha value is -1.99. The fourth-order valence-corrected chi connectivity index (χ4v) is 3.46. The molecule has 3 aromatic heterocycles. The Morgan fingerprint density at radius 3 is 2.91 bits per heavy atom. The summed E-state index contributed by atoms with van der Waals surface area (Å²) in [5.41, 5.74) is 0. The average Bonchev–Trinajstić information content (AvgIpc) is 3.25. The second-order valence-electron chi connectivity index (χ2n) is 5.44. The highest BCUT2D eigenvalue weighted by atomic mass is 32.1. The van der Waals surface area contributed by atoms with E-state index < -0.39 is 0 Å². The first kappa shape index (κ1) is 13.7. The molecule has 1 aliphatic heterocycles. The van der Waals surface area contributed by atoms with Crippen LogP contribution in [-0.2, 0) is 6.54 Å². The lowest BCUT2D eigenvalue weighted by molar-refractivity contribution is 0.214. The van der Waals surface area contributed by atoms with E-state index >= 15 is 0 Å². The number of hydrogen-bond acceptors (Lipinski definition) is 6. The third-order valence-electron chi connectivity index (χ3n) is 3.82. The van der Waals surface area contributed by atoms with Crippen LogP contribution >= 0.6 is 11.3 Å². The lowest BCUT2D eigenvalue weighted by Gasteiger charge is -2.25. The zero-order chi connectivity index (χ0) is 14.8. The summed E-state index contributed by atoms with van der Waals surface area (Å²) in [7, 11) is 0. The number of rotatable bonds is 4. The number of likely N-dealkylation sites (tertiary alicyclic amines) is 1. The van der Waals surface area contributed by atoms with Crippen LogP contribution in [0.4, 0.5) is 0 Å². The highest BCUT2D eigenvalue weighted by Crippen LogP contribution is 2.18. The Bertz CT molecular complexity index is 767. The zero-order valence-electron chi connectivity index (χ0n) is 12.2. The van der Waals surface area contributed by atoms with Gasteiger partial charge in [-0.3, -0.25) is 4.90 Å². The van der Waals surface area contributed by atoms with E-state index in [-0.39, 0.29) is 0 Å². The summed E-state index contributed by atoms with van der Waals surface area (Å²) < 4.78 is 7.15. The van der Waals surface area contributed by atoms with E-state index in [2.05, 4.69) is 20.2 Å². The molecule has 22 heavy (non-hydrogen) atoms. The predicted octanol–water partition coefficient (Wildman–Crippen LogP) is 2.94. The number of furan rings is 1. The van der Waals surface area contributed by atoms with Gasteiger partial charge in [-0.15, -0.1) is 10.2 Å². The molecular formula is C15H17N5OS. The van der Waals surface area contributed by atoms with Crippen molar-refractivity contribution in [2.24, 2.45) is 0 Å². The van der Waals surface area contributed by atoms with Gasteiger partial charge < -0.3 is 4.42 Å². The van der Waals surface area contributed by atoms with Gasteiger partial charge in [0.25, 0.3) is 0 Å². The molecule has 114 valence electrons. The maximum Gasteiger partial charge on any atom is 0.235 e. The summed E-state index contributed by atoms with van der Waals surface area (Å²) in [6.45, 7) is 3.11. The summed E-state index contributed by atoms with van der Waals surface area (Å²) in [5.74, 6) is 1.74. The molecule has 6 nitrogen and oxygen atoms in total. The molecule has 4 heterocycles. The van der Waals surface area contributed by atoms with Crippen molar-refractivity contribution in [2.45, 2.75) is 25.8 Å². The van der Waals surface area contributed by atoms with E-state index in [0.717, 1.165) is 41.2 Å². The van der Waals surface area contributed by atoms with Crippen LogP contribution in [0.3, 0.4) is 0 Å². The monoisotopic (exact) mass is 315 g/mol. The number of nitrogens with zero attached hydrogens (tertiary/aromatic N) is 5. The standard InChI is InChI=1S/C15H17N5OS/c1-2-8-19(9-3-1)11-13-16-17-15-20(13)18-14(22-15)7-6-12-5-4-10-21-12/h4-7,10H,1-3,8-9,11H2. The maximum atomic E-state index is 5.28. The van der Waals surface area contributed by atoms with E-state index in [0.29, 0.717) is 0 Å². The van der Waals surface area contributed by atoms with Crippen molar-refractivity contribution in [3.8, 4) is 0 Å². The van der Waals surface area contributed by atoms with Crippen molar-refractivity contribution in [1.82, 2.24) is 24.7 Å². The molecule has 0 aromatic carbocycles. The van der Waals surface area contributed by atoms with Crippen molar-refractivity contribution < 1.29 is 4.42 Å². The van der Waals surface area contributed by atoms with Gasteiger partial charge in [0, 0.05) is 0 Å². The van der Waals surface area contributed by atoms with E-state index in [4.69, 9.17) is 4.42 Å². The van der Waals surface area contributed by atoms with Crippen molar-refractivity contribution in [1.29, 1.82) is 0 Å². The maximum absolute atomic E-state index is 5.28. The van der Waals surface area contributed by atoms with Gasteiger partial charge in [0.2, 0.25) is 4.96 Å². The Kier molecular flexibility index (Phi) is 3.74. The minimum atomic E-state index is 0.819. The highest BCUT2D eigenvalue weighted by molar-refractivity contribution is 7.17. The minimum Gasteiger partial charge on any atom is -0.465 e.